The van der Waals surface area contributed by atoms with Crippen LogP contribution in [0.5, 0.6) is 0 Å². The standard InChI is InChI=1S/C19H36N4O3/c1-4-20-18(21-14-16(2)17(24)25-3)22-15-19(8-6-5-7-9-19)23-10-12-26-13-11-23/h16H,4-15H2,1-3H3,(H2,20,21,22). The Morgan fingerprint density at radius 2 is 1.92 bits per heavy atom. The molecular weight excluding hydrogens is 332 g/mol. The Hall–Kier alpha value is -1.34. The average Bonchev–Trinajstić information content (AvgIpc) is 2.70. The lowest BCUT2D eigenvalue weighted by Gasteiger charge is -2.47. The molecule has 2 rings (SSSR count). The predicted octanol–water partition coefficient (Wildman–Crippen LogP) is 1.39. The van der Waals surface area contributed by atoms with E-state index < -0.39 is 0 Å². The van der Waals surface area contributed by atoms with Crippen LogP contribution in [0.25, 0.3) is 0 Å². The molecule has 1 saturated carbocycles. The van der Waals surface area contributed by atoms with E-state index in [9.17, 15) is 4.79 Å². The third-order valence-electron chi connectivity index (χ3n) is 5.52. The van der Waals surface area contributed by atoms with Crippen molar-refractivity contribution >= 4 is 11.9 Å². The molecule has 0 radical (unpaired) electrons. The number of hydrogen-bond donors (Lipinski definition) is 2. The molecule has 0 aromatic carbocycles. The number of aliphatic imine (C=N–C) groups is 1. The summed E-state index contributed by atoms with van der Waals surface area (Å²) in [7, 11) is 1.42. The SMILES string of the molecule is CCNC(=NCC1(N2CCOCC2)CCCCC1)NCC(C)C(=O)OC. The molecule has 1 saturated heterocycles. The Labute approximate surface area is 157 Å². The van der Waals surface area contributed by atoms with Crippen LogP contribution in [0, 0.1) is 5.92 Å². The van der Waals surface area contributed by atoms with Crippen LogP contribution in [0.15, 0.2) is 4.99 Å². The smallest absolute Gasteiger partial charge is 0.310 e. The van der Waals surface area contributed by atoms with Gasteiger partial charge in [-0.25, -0.2) is 0 Å². The number of methoxy groups -OCH3 is 1. The van der Waals surface area contributed by atoms with Crippen molar-refractivity contribution in [3.8, 4) is 0 Å². The van der Waals surface area contributed by atoms with Gasteiger partial charge in [0.05, 0.1) is 32.8 Å². The first-order chi connectivity index (χ1) is 12.6. The third kappa shape index (κ3) is 5.84. The van der Waals surface area contributed by atoms with Crippen molar-refractivity contribution < 1.29 is 14.3 Å². The summed E-state index contributed by atoms with van der Waals surface area (Å²) in [4.78, 5) is 19.1. The van der Waals surface area contributed by atoms with Gasteiger partial charge < -0.3 is 20.1 Å². The van der Waals surface area contributed by atoms with Crippen molar-refractivity contribution in [3.63, 3.8) is 0 Å². The van der Waals surface area contributed by atoms with E-state index in [4.69, 9.17) is 14.5 Å². The fourth-order valence-corrected chi connectivity index (χ4v) is 3.92. The van der Waals surface area contributed by atoms with E-state index in [-0.39, 0.29) is 17.4 Å². The molecule has 0 spiro atoms. The van der Waals surface area contributed by atoms with Crippen molar-refractivity contribution in [1.82, 2.24) is 15.5 Å². The van der Waals surface area contributed by atoms with E-state index in [1.54, 1.807) is 0 Å². The summed E-state index contributed by atoms with van der Waals surface area (Å²) < 4.78 is 10.3. The normalized spacial score (nSPS) is 22.5. The molecule has 1 atom stereocenters. The minimum Gasteiger partial charge on any atom is -0.469 e. The molecule has 7 nitrogen and oxygen atoms in total. The molecule has 7 heteroatoms. The maximum atomic E-state index is 11.6. The Bertz CT molecular complexity index is 458. The van der Waals surface area contributed by atoms with Crippen LogP contribution in [0.3, 0.4) is 0 Å². The number of esters is 1. The van der Waals surface area contributed by atoms with Crippen LogP contribution in [0.2, 0.25) is 0 Å². The molecular formula is C19H36N4O3. The summed E-state index contributed by atoms with van der Waals surface area (Å²) in [6, 6.07) is 0. The molecule has 2 N–H and O–H groups in total. The summed E-state index contributed by atoms with van der Waals surface area (Å²) in [5.74, 6) is 0.374. The number of hydrogen-bond acceptors (Lipinski definition) is 5. The fourth-order valence-electron chi connectivity index (χ4n) is 3.92. The zero-order valence-corrected chi connectivity index (χ0v) is 16.7. The Kier molecular flexibility index (Phi) is 8.65. The minimum absolute atomic E-state index is 0.151. The van der Waals surface area contributed by atoms with Crippen LogP contribution in [0.1, 0.15) is 46.0 Å². The first-order valence-corrected chi connectivity index (χ1v) is 10.0. The number of nitrogens with one attached hydrogen (secondary N) is 2. The van der Waals surface area contributed by atoms with Crippen LogP contribution in [0.4, 0.5) is 0 Å². The van der Waals surface area contributed by atoms with E-state index >= 15 is 0 Å². The molecule has 1 aliphatic carbocycles. The molecule has 0 aromatic rings. The second-order valence-corrected chi connectivity index (χ2v) is 7.38. The second-order valence-electron chi connectivity index (χ2n) is 7.38. The maximum absolute atomic E-state index is 11.6. The van der Waals surface area contributed by atoms with Gasteiger partial charge in [-0.3, -0.25) is 14.7 Å². The number of rotatable bonds is 7. The van der Waals surface area contributed by atoms with Crippen molar-refractivity contribution in [2.75, 3.05) is 53.0 Å². The van der Waals surface area contributed by atoms with Crippen molar-refractivity contribution in [2.24, 2.45) is 10.9 Å². The number of guanidine groups is 1. The lowest BCUT2D eigenvalue weighted by atomic mass is 9.80. The maximum Gasteiger partial charge on any atom is 0.310 e. The van der Waals surface area contributed by atoms with Gasteiger partial charge in [0.25, 0.3) is 0 Å². The number of carbonyl (C=O) groups is 1. The van der Waals surface area contributed by atoms with Crippen LogP contribution >= 0.6 is 0 Å². The van der Waals surface area contributed by atoms with Gasteiger partial charge in [-0.1, -0.05) is 26.2 Å². The lowest BCUT2D eigenvalue weighted by molar-refractivity contribution is -0.144. The molecule has 0 aromatic heterocycles. The van der Waals surface area contributed by atoms with Crippen molar-refractivity contribution in [2.45, 2.75) is 51.5 Å². The number of nitrogens with zero attached hydrogens (tertiary/aromatic N) is 2. The van der Waals surface area contributed by atoms with Crippen molar-refractivity contribution in [3.05, 3.63) is 0 Å². The van der Waals surface area contributed by atoms with Gasteiger partial charge in [0.15, 0.2) is 5.96 Å². The van der Waals surface area contributed by atoms with E-state index in [2.05, 4.69) is 22.5 Å². The topological polar surface area (TPSA) is 75.2 Å². The summed E-state index contributed by atoms with van der Waals surface area (Å²) >= 11 is 0. The highest BCUT2D eigenvalue weighted by atomic mass is 16.5. The highest BCUT2D eigenvalue weighted by Crippen LogP contribution is 2.34. The van der Waals surface area contributed by atoms with Gasteiger partial charge in [0.2, 0.25) is 0 Å². The third-order valence-corrected chi connectivity index (χ3v) is 5.52. The first-order valence-electron chi connectivity index (χ1n) is 10.0. The summed E-state index contributed by atoms with van der Waals surface area (Å²) in [6.07, 6.45) is 6.28. The van der Waals surface area contributed by atoms with Gasteiger partial charge in [-0.05, 0) is 19.8 Å². The minimum atomic E-state index is -0.203. The summed E-state index contributed by atoms with van der Waals surface area (Å²) in [5, 5.41) is 6.59. The lowest BCUT2D eigenvalue weighted by Crippen LogP contribution is -2.56. The van der Waals surface area contributed by atoms with Crippen molar-refractivity contribution in [1.29, 1.82) is 0 Å². The number of carbonyl (C=O) groups excluding carboxylic acids is 1. The number of ether oxygens (including phenoxy) is 2. The van der Waals surface area contributed by atoms with Gasteiger partial charge >= 0.3 is 5.97 Å². The average molecular weight is 369 g/mol. The highest BCUT2D eigenvalue weighted by molar-refractivity contribution is 5.80. The van der Waals surface area contributed by atoms with E-state index in [0.717, 1.165) is 45.4 Å². The quantitative estimate of drug-likeness (QED) is 0.402. The zero-order valence-electron chi connectivity index (χ0n) is 16.7. The molecule has 0 bridgehead atoms. The first kappa shape index (κ1) is 21.0. The fraction of sp³-hybridized carbons (Fsp3) is 0.895. The largest absolute Gasteiger partial charge is 0.469 e. The zero-order chi connectivity index (χ0) is 18.8. The van der Waals surface area contributed by atoms with Gasteiger partial charge in [-0.2, -0.15) is 0 Å². The van der Waals surface area contributed by atoms with Crippen LogP contribution in [-0.2, 0) is 14.3 Å². The molecule has 1 unspecified atom stereocenters. The highest BCUT2D eigenvalue weighted by Gasteiger charge is 2.38. The molecule has 26 heavy (non-hydrogen) atoms. The van der Waals surface area contributed by atoms with Crippen LogP contribution in [-0.4, -0.2) is 75.4 Å². The Balaban J connectivity index is 2.02. The van der Waals surface area contributed by atoms with E-state index in [0.29, 0.717) is 6.54 Å². The van der Waals surface area contributed by atoms with Gasteiger partial charge in [0, 0.05) is 31.7 Å². The molecule has 2 fully saturated rings. The van der Waals surface area contributed by atoms with E-state index in [1.807, 2.05) is 6.92 Å². The van der Waals surface area contributed by atoms with E-state index in [1.165, 1.54) is 39.2 Å². The second kappa shape index (κ2) is 10.7. The summed E-state index contributed by atoms with van der Waals surface area (Å²) in [5.41, 5.74) is 0.151. The molecule has 1 heterocycles. The van der Waals surface area contributed by atoms with Gasteiger partial charge in [-0.15, -0.1) is 0 Å². The predicted molar refractivity (Wildman–Crippen MR) is 103 cm³/mol. The summed E-state index contributed by atoms with van der Waals surface area (Å²) in [6.45, 7) is 9.65. The molecule has 0 amide bonds. The van der Waals surface area contributed by atoms with Gasteiger partial charge in [0.1, 0.15) is 0 Å². The molecule has 1 aliphatic heterocycles. The molecule has 150 valence electrons. The Morgan fingerprint density at radius 1 is 1.23 bits per heavy atom. The van der Waals surface area contributed by atoms with Crippen LogP contribution < -0.4 is 10.6 Å². The Morgan fingerprint density at radius 3 is 2.54 bits per heavy atom. The monoisotopic (exact) mass is 368 g/mol. The number of morpholine rings is 1. The molecule has 2 aliphatic rings.